The van der Waals surface area contributed by atoms with Crippen molar-refractivity contribution in [3.05, 3.63) is 108 Å². The molecule has 0 aromatic heterocycles. The second kappa shape index (κ2) is 7.91. The van der Waals surface area contributed by atoms with E-state index in [4.69, 9.17) is 0 Å². The van der Waals surface area contributed by atoms with Crippen molar-refractivity contribution in [1.29, 1.82) is 0 Å². The third-order valence-corrected chi connectivity index (χ3v) is 5.70. The zero-order chi connectivity index (χ0) is 21.4. The Morgan fingerprint density at radius 1 is 0.600 bits per heavy atom. The largest absolute Gasteiger partial charge is 0.384 e. The van der Waals surface area contributed by atoms with E-state index in [1.54, 1.807) is 0 Å². The van der Waals surface area contributed by atoms with Crippen LogP contribution in [0.15, 0.2) is 97.1 Å². The van der Waals surface area contributed by atoms with Gasteiger partial charge in [0, 0.05) is 0 Å². The fourth-order valence-electron chi connectivity index (χ4n) is 4.12. The fraction of sp³-hybridized carbons (Fsp3) is 0.143. The van der Waals surface area contributed by atoms with Crippen LogP contribution < -0.4 is 0 Å². The van der Waals surface area contributed by atoms with Crippen LogP contribution in [0.25, 0.3) is 32.7 Å². The summed E-state index contributed by atoms with van der Waals surface area (Å²) in [6, 6.07) is 24.3. The van der Waals surface area contributed by atoms with E-state index in [9.17, 15) is 10.2 Å². The molecule has 0 aliphatic heterocycles. The van der Waals surface area contributed by atoms with Gasteiger partial charge in [0.25, 0.3) is 0 Å². The molecule has 2 heteroatoms. The predicted octanol–water partition coefficient (Wildman–Crippen LogP) is 6.88. The molecule has 0 spiro atoms. The molecule has 2 atom stereocenters. The van der Waals surface area contributed by atoms with E-state index in [1.807, 2.05) is 62.4 Å². The molecule has 0 saturated carbocycles. The van der Waals surface area contributed by atoms with Gasteiger partial charge in [-0.3, -0.25) is 0 Å². The highest BCUT2D eigenvalue weighted by Crippen LogP contribution is 2.44. The van der Waals surface area contributed by atoms with Crippen LogP contribution in [0.2, 0.25) is 0 Å². The van der Waals surface area contributed by atoms with Crippen LogP contribution in [0.5, 0.6) is 0 Å². The number of fused-ring (bicyclic) bond motifs is 2. The SMILES string of the molecule is C=C(C)[C@@H](O)c1ccc2ccccc2c1-c1c([C@@H](O)C(=C)C)ccc2ccccc12. The first kappa shape index (κ1) is 20.1. The van der Waals surface area contributed by atoms with Gasteiger partial charge in [-0.25, -0.2) is 0 Å². The third-order valence-electron chi connectivity index (χ3n) is 5.70. The van der Waals surface area contributed by atoms with Gasteiger partial charge in [-0.1, -0.05) is 86.0 Å². The third kappa shape index (κ3) is 3.35. The molecule has 0 aliphatic carbocycles. The molecule has 0 heterocycles. The summed E-state index contributed by atoms with van der Waals surface area (Å²) in [6.45, 7) is 11.6. The summed E-state index contributed by atoms with van der Waals surface area (Å²) in [5.41, 5.74) is 4.77. The van der Waals surface area contributed by atoms with Crippen molar-refractivity contribution < 1.29 is 10.2 Å². The molecule has 0 bridgehead atoms. The van der Waals surface area contributed by atoms with E-state index in [-0.39, 0.29) is 0 Å². The lowest BCUT2D eigenvalue weighted by molar-refractivity contribution is 0.215. The van der Waals surface area contributed by atoms with Crippen LogP contribution in [0.3, 0.4) is 0 Å². The second-order valence-electron chi connectivity index (χ2n) is 8.00. The number of aliphatic hydroxyl groups excluding tert-OH is 2. The molecule has 150 valence electrons. The van der Waals surface area contributed by atoms with E-state index in [1.165, 1.54) is 0 Å². The summed E-state index contributed by atoms with van der Waals surface area (Å²) in [4.78, 5) is 0. The number of benzene rings is 4. The van der Waals surface area contributed by atoms with E-state index in [2.05, 4.69) is 37.4 Å². The van der Waals surface area contributed by atoms with E-state index in [0.717, 1.165) is 43.8 Å². The standard InChI is InChI=1S/C28H26O2/c1-17(2)27(29)23-15-13-19-9-5-7-11-21(19)25(23)26-22-12-8-6-10-20(22)14-16-24(26)28(30)18(3)4/h5-16,27-30H,1,3H2,2,4H3/t27-,28+. The first-order valence-corrected chi connectivity index (χ1v) is 10.1. The summed E-state index contributed by atoms with van der Waals surface area (Å²) in [6.07, 6.45) is -1.61. The molecule has 0 radical (unpaired) electrons. The van der Waals surface area contributed by atoms with Gasteiger partial charge in [-0.05, 0) is 68.8 Å². The van der Waals surface area contributed by atoms with Crippen LogP contribution >= 0.6 is 0 Å². The lowest BCUT2D eigenvalue weighted by Gasteiger charge is -2.24. The Morgan fingerprint density at radius 3 is 1.33 bits per heavy atom. The molecule has 2 nitrogen and oxygen atoms in total. The summed E-state index contributed by atoms with van der Waals surface area (Å²) in [5, 5.41) is 26.3. The van der Waals surface area contributed by atoms with Gasteiger partial charge >= 0.3 is 0 Å². The zero-order valence-electron chi connectivity index (χ0n) is 17.4. The normalized spacial score (nSPS) is 13.3. The number of hydrogen-bond acceptors (Lipinski definition) is 2. The molecule has 0 saturated heterocycles. The quantitative estimate of drug-likeness (QED) is 0.362. The Kier molecular flexibility index (Phi) is 5.29. The summed E-state index contributed by atoms with van der Waals surface area (Å²) < 4.78 is 0. The van der Waals surface area contributed by atoms with Gasteiger partial charge in [0.05, 0.1) is 0 Å². The van der Waals surface area contributed by atoms with Crippen molar-refractivity contribution >= 4 is 21.5 Å². The van der Waals surface area contributed by atoms with Crippen molar-refractivity contribution in [2.45, 2.75) is 26.1 Å². The minimum absolute atomic E-state index is 0.675. The van der Waals surface area contributed by atoms with Gasteiger partial charge < -0.3 is 10.2 Å². The van der Waals surface area contributed by atoms with E-state index >= 15 is 0 Å². The van der Waals surface area contributed by atoms with Gasteiger partial charge in [0.15, 0.2) is 0 Å². The molecule has 4 rings (SSSR count). The van der Waals surface area contributed by atoms with Crippen molar-refractivity contribution in [2.24, 2.45) is 0 Å². The minimum Gasteiger partial charge on any atom is -0.384 e. The molecular weight excluding hydrogens is 368 g/mol. The van der Waals surface area contributed by atoms with Gasteiger partial charge in [-0.15, -0.1) is 0 Å². The summed E-state index contributed by atoms with van der Waals surface area (Å²) in [7, 11) is 0. The van der Waals surface area contributed by atoms with Gasteiger partial charge in [-0.2, -0.15) is 0 Å². The van der Waals surface area contributed by atoms with Crippen LogP contribution in [-0.2, 0) is 0 Å². The van der Waals surface area contributed by atoms with E-state index in [0.29, 0.717) is 11.1 Å². The maximum absolute atomic E-state index is 11.0. The average molecular weight is 395 g/mol. The number of hydrogen-bond donors (Lipinski definition) is 2. The molecule has 0 aliphatic rings. The Labute approximate surface area is 177 Å². The first-order valence-electron chi connectivity index (χ1n) is 10.1. The average Bonchev–Trinajstić information content (AvgIpc) is 2.76. The highest BCUT2D eigenvalue weighted by atomic mass is 16.3. The Morgan fingerprint density at radius 2 is 0.967 bits per heavy atom. The van der Waals surface area contributed by atoms with Gasteiger partial charge in [0.2, 0.25) is 0 Å². The number of aliphatic hydroxyl groups is 2. The maximum Gasteiger partial charge on any atom is 0.100 e. The molecular formula is C28H26O2. The van der Waals surface area contributed by atoms with Gasteiger partial charge in [0.1, 0.15) is 12.2 Å². The topological polar surface area (TPSA) is 40.5 Å². The smallest absolute Gasteiger partial charge is 0.100 e. The Bertz CT molecular complexity index is 1180. The van der Waals surface area contributed by atoms with Crippen LogP contribution in [0.4, 0.5) is 0 Å². The maximum atomic E-state index is 11.0. The first-order chi connectivity index (χ1) is 14.4. The second-order valence-corrected chi connectivity index (χ2v) is 8.00. The van der Waals surface area contributed by atoms with Crippen LogP contribution in [0.1, 0.15) is 37.2 Å². The van der Waals surface area contributed by atoms with Crippen LogP contribution in [0, 0.1) is 0 Å². The highest BCUT2D eigenvalue weighted by Gasteiger charge is 2.23. The van der Waals surface area contributed by atoms with Crippen molar-refractivity contribution in [3.8, 4) is 11.1 Å². The fourth-order valence-corrected chi connectivity index (χ4v) is 4.12. The molecule has 0 fully saturated rings. The molecule has 0 amide bonds. The molecule has 2 N–H and O–H groups in total. The highest BCUT2D eigenvalue weighted by molar-refractivity contribution is 6.08. The van der Waals surface area contributed by atoms with Crippen molar-refractivity contribution in [1.82, 2.24) is 0 Å². The summed E-state index contributed by atoms with van der Waals surface area (Å²) >= 11 is 0. The van der Waals surface area contributed by atoms with E-state index < -0.39 is 12.2 Å². The number of rotatable bonds is 5. The lowest BCUT2D eigenvalue weighted by Crippen LogP contribution is -2.06. The van der Waals surface area contributed by atoms with Crippen molar-refractivity contribution in [2.75, 3.05) is 0 Å². The molecule has 4 aromatic carbocycles. The van der Waals surface area contributed by atoms with Crippen molar-refractivity contribution in [3.63, 3.8) is 0 Å². The molecule has 4 aromatic rings. The summed E-state index contributed by atoms with van der Waals surface area (Å²) in [5.74, 6) is 0. The predicted molar refractivity (Wildman–Crippen MR) is 126 cm³/mol. The van der Waals surface area contributed by atoms with Crippen LogP contribution in [-0.4, -0.2) is 10.2 Å². The monoisotopic (exact) mass is 394 g/mol. The minimum atomic E-state index is -0.807. The molecule has 30 heavy (non-hydrogen) atoms. The zero-order valence-corrected chi connectivity index (χ0v) is 17.4. The Hall–Kier alpha value is -3.20. The Balaban J connectivity index is 2.22. The lowest BCUT2D eigenvalue weighted by atomic mass is 9.83. The molecule has 0 unspecified atom stereocenters.